The summed E-state index contributed by atoms with van der Waals surface area (Å²) in [6.07, 6.45) is 3.14. The SMILES string of the molecule is CCCc1cn2c(C(O)c3ccc(-c4ccccc4)c(-c4nn[nH]n4)c3)c(C)cc(C)c2n1. The van der Waals surface area contributed by atoms with Crippen molar-refractivity contribution in [1.82, 2.24) is 30.0 Å². The van der Waals surface area contributed by atoms with E-state index in [1.165, 1.54) is 0 Å². The Morgan fingerprint density at radius 2 is 1.82 bits per heavy atom. The second-order valence-corrected chi connectivity index (χ2v) is 8.38. The van der Waals surface area contributed by atoms with Crippen LogP contribution in [0.3, 0.4) is 0 Å². The lowest BCUT2D eigenvalue weighted by molar-refractivity contribution is 0.213. The summed E-state index contributed by atoms with van der Waals surface area (Å²) in [6.45, 7) is 6.23. The van der Waals surface area contributed by atoms with Crippen LogP contribution in [0.5, 0.6) is 0 Å². The smallest absolute Gasteiger partial charge is 0.205 e. The van der Waals surface area contributed by atoms with Gasteiger partial charge in [-0.25, -0.2) is 4.98 Å². The molecular formula is C26H26N6O. The van der Waals surface area contributed by atoms with Gasteiger partial charge in [0.15, 0.2) is 0 Å². The first-order chi connectivity index (χ1) is 16.1. The Kier molecular flexibility index (Phi) is 5.48. The number of fused-ring (bicyclic) bond motifs is 1. The Morgan fingerprint density at radius 1 is 1.00 bits per heavy atom. The number of H-pyrrole nitrogens is 1. The summed E-state index contributed by atoms with van der Waals surface area (Å²) < 4.78 is 2.04. The first kappa shape index (κ1) is 21.0. The van der Waals surface area contributed by atoms with E-state index in [1.54, 1.807) is 0 Å². The van der Waals surface area contributed by atoms with Gasteiger partial charge < -0.3 is 9.51 Å². The standard InChI is InChI=1S/C26H26N6O/c1-4-8-20-15-32-23(16(2)13-17(3)26(32)27-20)24(33)19-11-12-21(18-9-6-5-7-10-18)22(14-19)25-28-30-31-29-25/h5-7,9-15,24,33H,4,8H2,1-3H3,(H,28,29,30,31). The number of aryl methyl sites for hydroxylation is 3. The topological polar surface area (TPSA) is 92.0 Å². The zero-order chi connectivity index (χ0) is 22.9. The maximum atomic E-state index is 11.6. The van der Waals surface area contributed by atoms with Crippen LogP contribution in [0, 0.1) is 13.8 Å². The normalized spacial score (nSPS) is 12.4. The van der Waals surface area contributed by atoms with E-state index >= 15 is 0 Å². The van der Waals surface area contributed by atoms with Crippen LogP contribution in [0.15, 0.2) is 60.8 Å². The number of aromatic nitrogens is 6. The highest BCUT2D eigenvalue weighted by Gasteiger charge is 2.22. The van der Waals surface area contributed by atoms with Crippen molar-refractivity contribution in [3.63, 3.8) is 0 Å². The van der Waals surface area contributed by atoms with Gasteiger partial charge in [-0.15, -0.1) is 10.2 Å². The predicted molar refractivity (Wildman–Crippen MR) is 128 cm³/mol. The molecule has 7 heteroatoms. The molecule has 1 atom stereocenters. The summed E-state index contributed by atoms with van der Waals surface area (Å²) in [6, 6.07) is 18.1. The van der Waals surface area contributed by atoms with E-state index in [2.05, 4.69) is 46.7 Å². The van der Waals surface area contributed by atoms with E-state index < -0.39 is 6.10 Å². The highest BCUT2D eigenvalue weighted by molar-refractivity contribution is 5.81. The number of hydrogen-bond donors (Lipinski definition) is 2. The van der Waals surface area contributed by atoms with Crippen LogP contribution >= 0.6 is 0 Å². The molecule has 33 heavy (non-hydrogen) atoms. The first-order valence-electron chi connectivity index (χ1n) is 11.2. The third-order valence-electron chi connectivity index (χ3n) is 6.00. The van der Waals surface area contributed by atoms with Crippen LogP contribution in [-0.2, 0) is 6.42 Å². The molecule has 0 radical (unpaired) electrons. The van der Waals surface area contributed by atoms with Crippen molar-refractivity contribution in [3.8, 4) is 22.5 Å². The second-order valence-electron chi connectivity index (χ2n) is 8.38. The van der Waals surface area contributed by atoms with Crippen molar-refractivity contribution in [1.29, 1.82) is 0 Å². The Balaban J connectivity index is 1.66. The molecule has 0 amide bonds. The van der Waals surface area contributed by atoms with Crippen molar-refractivity contribution >= 4 is 5.65 Å². The largest absolute Gasteiger partial charge is 0.382 e. The molecule has 0 aliphatic carbocycles. The minimum Gasteiger partial charge on any atom is -0.382 e. The predicted octanol–water partition coefficient (Wildman–Crippen LogP) is 4.83. The number of aromatic amines is 1. The number of rotatable bonds is 6. The number of aliphatic hydroxyl groups is 1. The van der Waals surface area contributed by atoms with Gasteiger partial charge >= 0.3 is 0 Å². The first-order valence-corrected chi connectivity index (χ1v) is 11.2. The van der Waals surface area contributed by atoms with Gasteiger partial charge in [-0.2, -0.15) is 5.21 Å². The average Bonchev–Trinajstić information content (AvgIpc) is 3.50. The molecule has 0 spiro atoms. The zero-order valence-electron chi connectivity index (χ0n) is 18.9. The minimum atomic E-state index is -0.841. The molecule has 2 aromatic carbocycles. The number of imidazole rings is 1. The summed E-state index contributed by atoms with van der Waals surface area (Å²) >= 11 is 0. The molecule has 1 unspecified atom stereocenters. The van der Waals surface area contributed by atoms with Crippen molar-refractivity contribution in [3.05, 3.63) is 88.9 Å². The van der Waals surface area contributed by atoms with Crippen LogP contribution in [-0.4, -0.2) is 35.1 Å². The lowest BCUT2D eigenvalue weighted by Gasteiger charge is -2.19. The molecule has 0 bridgehead atoms. The van der Waals surface area contributed by atoms with Gasteiger partial charge in [0.25, 0.3) is 0 Å². The Bertz CT molecular complexity index is 1410. The van der Waals surface area contributed by atoms with E-state index in [1.807, 2.05) is 59.9 Å². The van der Waals surface area contributed by atoms with Gasteiger partial charge in [-0.3, -0.25) is 0 Å². The molecule has 5 aromatic rings. The van der Waals surface area contributed by atoms with Crippen LogP contribution in [0.2, 0.25) is 0 Å². The van der Waals surface area contributed by atoms with Crippen LogP contribution in [0.4, 0.5) is 0 Å². The summed E-state index contributed by atoms with van der Waals surface area (Å²) in [5.41, 5.74) is 8.44. The number of aliphatic hydroxyl groups excluding tert-OH is 1. The third-order valence-corrected chi connectivity index (χ3v) is 6.00. The lowest BCUT2D eigenvalue weighted by Crippen LogP contribution is -2.09. The summed E-state index contributed by atoms with van der Waals surface area (Å²) in [7, 11) is 0. The highest BCUT2D eigenvalue weighted by atomic mass is 16.3. The van der Waals surface area contributed by atoms with Crippen LogP contribution < -0.4 is 0 Å². The third kappa shape index (κ3) is 3.81. The fourth-order valence-electron chi connectivity index (χ4n) is 4.49. The Labute approximate surface area is 192 Å². The van der Waals surface area contributed by atoms with E-state index in [0.717, 1.165) is 63.3 Å². The van der Waals surface area contributed by atoms with Gasteiger partial charge in [-0.1, -0.05) is 61.9 Å². The van der Waals surface area contributed by atoms with Crippen LogP contribution in [0.1, 0.15) is 47.5 Å². The van der Waals surface area contributed by atoms with Crippen LogP contribution in [0.25, 0.3) is 28.2 Å². The molecule has 0 fully saturated rings. The molecule has 7 nitrogen and oxygen atoms in total. The number of benzene rings is 2. The monoisotopic (exact) mass is 438 g/mol. The quantitative estimate of drug-likeness (QED) is 0.396. The Hall–Kier alpha value is -3.84. The van der Waals surface area contributed by atoms with E-state index in [0.29, 0.717) is 5.82 Å². The summed E-state index contributed by atoms with van der Waals surface area (Å²) in [5.74, 6) is 0.488. The number of pyridine rings is 1. The number of tetrazole rings is 1. The summed E-state index contributed by atoms with van der Waals surface area (Å²) in [5, 5.41) is 26.3. The van der Waals surface area contributed by atoms with Gasteiger partial charge in [0.1, 0.15) is 11.8 Å². The fraction of sp³-hybridized carbons (Fsp3) is 0.231. The van der Waals surface area contributed by atoms with Crippen molar-refractivity contribution in [2.45, 2.75) is 39.7 Å². The van der Waals surface area contributed by atoms with Crippen molar-refractivity contribution in [2.24, 2.45) is 0 Å². The molecule has 166 valence electrons. The molecule has 2 N–H and O–H groups in total. The van der Waals surface area contributed by atoms with Crippen molar-refractivity contribution < 1.29 is 5.11 Å². The number of nitrogens with zero attached hydrogens (tertiary/aromatic N) is 5. The maximum Gasteiger partial charge on any atom is 0.205 e. The number of nitrogens with one attached hydrogen (secondary N) is 1. The molecule has 3 heterocycles. The van der Waals surface area contributed by atoms with Gasteiger partial charge in [0.05, 0.1) is 11.4 Å². The van der Waals surface area contributed by atoms with E-state index in [4.69, 9.17) is 4.98 Å². The second kappa shape index (κ2) is 8.60. The molecular weight excluding hydrogens is 412 g/mol. The van der Waals surface area contributed by atoms with Crippen molar-refractivity contribution in [2.75, 3.05) is 0 Å². The molecule has 5 rings (SSSR count). The van der Waals surface area contributed by atoms with Gasteiger partial charge in [-0.05, 0) is 59.4 Å². The molecule has 0 saturated carbocycles. The van der Waals surface area contributed by atoms with Gasteiger partial charge in [0, 0.05) is 11.8 Å². The number of hydrogen-bond acceptors (Lipinski definition) is 5. The molecule has 0 aliphatic heterocycles. The Morgan fingerprint density at radius 3 is 2.55 bits per heavy atom. The van der Waals surface area contributed by atoms with E-state index in [9.17, 15) is 5.11 Å². The fourth-order valence-corrected chi connectivity index (χ4v) is 4.49. The van der Waals surface area contributed by atoms with Gasteiger partial charge in [0.2, 0.25) is 5.82 Å². The van der Waals surface area contributed by atoms with E-state index in [-0.39, 0.29) is 0 Å². The maximum absolute atomic E-state index is 11.6. The zero-order valence-corrected chi connectivity index (χ0v) is 18.9. The molecule has 0 aliphatic rings. The minimum absolute atomic E-state index is 0.488. The molecule has 3 aromatic heterocycles. The summed E-state index contributed by atoms with van der Waals surface area (Å²) in [4.78, 5) is 4.81. The lowest BCUT2D eigenvalue weighted by atomic mass is 9.93. The average molecular weight is 439 g/mol. The molecule has 0 saturated heterocycles. The highest BCUT2D eigenvalue weighted by Crippen LogP contribution is 2.35.